The molecule has 3 N–H and O–H groups in total. The van der Waals surface area contributed by atoms with E-state index < -0.39 is 11.7 Å². The Bertz CT molecular complexity index is 923. The molecule has 0 saturated heterocycles. The molecule has 0 unspecified atom stereocenters. The number of carbonyl (C=O) groups excluding carboxylic acids is 1. The monoisotopic (exact) mass is 359 g/mol. The van der Waals surface area contributed by atoms with Crippen molar-refractivity contribution in [2.45, 2.75) is 13.3 Å². The SMILES string of the molecule is CCc1nn(-c2ccccc2F)c(N)c1C(=O)Nc1ccc(Cl)cn1. The van der Waals surface area contributed by atoms with Crippen molar-refractivity contribution in [2.75, 3.05) is 11.1 Å². The molecule has 0 fully saturated rings. The van der Waals surface area contributed by atoms with Crippen molar-refractivity contribution in [3.8, 4) is 5.69 Å². The average Bonchev–Trinajstić information content (AvgIpc) is 2.94. The molecule has 0 aliphatic heterocycles. The van der Waals surface area contributed by atoms with Crippen molar-refractivity contribution in [1.82, 2.24) is 14.8 Å². The number of nitrogens with one attached hydrogen (secondary N) is 1. The summed E-state index contributed by atoms with van der Waals surface area (Å²) in [6.07, 6.45) is 1.88. The zero-order valence-electron chi connectivity index (χ0n) is 13.3. The summed E-state index contributed by atoms with van der Waals surface area (Å²) in [5, 5.41) is 7.39. The lowest BCUT2D eigenvalue weighted by Gasteiger charge is -2.07. The molecule has 0 radical (unpaired) electrons. The topological polar surface area (TPSA) is 85.8 Å². The second-order valence-corrected chi connectivity index (χ2v) is 5.68. The number of pyridine rings is 1. The summed E-state index contributed by atoms with van der Waals surface area (Å²) in [4.78, 5) is 16.6. The molecule has 2 heterocycles. The number of para-hydroxylation sites is 1. The highest BCUT2D eigenvalue weighted by atomic mass is 35.5. The van der Waals surface area contributed by atoms with E-state index in [1.54, 1.807) is 30.3 Å². The first-order chi connectivity index (χ1) is 12.0. The number of nitrogen functional groups attached to an aromatic ring is 1. The summed E-state index contributed by atoms with van der Waals surface area (Å²) in [7, 11) is 0. The van der Waals surface area contributed by atoms with Gasteiger partial charge in [0.15, 0.2) is 0 Å². The van der Waals surface area contributed by atoms with Crippen molar-refractivity contribution in [2.24, 2.45) is 0 Å². The molecule has 0 bridgehead atoms. The predicted molar refractivity (Wildman–Crippen MR) is 94.5 cm³/mol. The number of benzene rings is 1. The molecule has 128 valence electrons. The van der Waals surface area contributed by atoms with Crippen LogP contribution >= 0.6 is 11.6 Å². The maximum Gasteiger partial charge on any atom is 0.262 e. The number of carbonyl (C=O) groups is 1. The Balaban J connectivity index is 2.00. The van der Waals surface area contributed by atoms with Crippen LogP contribution in [0.15, 0.2) is 42.6 Å². The molecular weight excluding hydrogens is 345 g/mol. The summed E-state index contributed by atoms with van der Waals surface area (Å²) in [5.41, 5.74) is 6.93. The van der Waals surface area contributed by atoms with Crippen LogP contribution in [0.5, 0.6) is 0 Å². The summed E-state index contributed by atoms with van der Waals surface area (Å²) in [5.74, 6) is -0.555. The van der Waals surface area contributed by atoms with Gasteiger partial charge in [0.2, 0.25) is 0 Å². The largest absolute Gasteiger partial charge is 0.383 e. The van der Waals surface area contributed by atoms with E-state index in [-0.39, 0.29) is 17.1 Å². The number of aryl methyl sites for hydroxylation is 1. The number of anilines is 2. The van der Waals surface area contributed by atoms with Gasteiger partial charge in [-0.2, -0.15) is 5.10 Å². The molecule has 0 aliphatic carbocycles. The van der Waals surface area contributed by atoms with E-state index >= 15 is 0 Å². The van der Waals surface area contributed by atoms with Crippen molar-refractivity contribution >= 4 is 29.1 Å². The highest BCUT2D eigenvalue weighted by Crippen LogP contribution is 2.24. The Kier molecular flexibility index (Phi) is 4.67. The zero-order valence-corrected chi connectivity index (χ0v) is 14.1. The third-order valence-corrected chi connectivity index (χ3v) is 3.83. The van der Waals surface area contributed by atoms with Gasteiger partial charge in [0.25, 0.3) is 5.91 Å². The summed E-state index contributed by atoms with van der Waals surface area (Å²) < 4.78 is 15.3. The predicted octanol–water partition coefficient (Wildman–Crippen LogP) is 3.46. The Morgan fingerprint density at radius 3 is 2.72 bits per heavy atom. The maximum atomic E-state index is 14.0. The van der Waals surface area contributed by atoms with Crippen molar-refractivity contribution in [1.29, 1.82) is 0 Å². The van der Waals surface area contributed by atoms with Crippen LogP contribution in [0.2, 0.25) is 5.02 Å². The molecular formula is C17H15ClFN5O. The first kappa shape index (κ1) is 16.9. The van der Waals surface area contributed by atoms with E-state index in [0.717, 1.165) is 0 Å². The fourth-order valence-electron chi connectivity index (χ4n) is 2.41. The van der Waals surface area contributed by atoms with E-state index in [0.29, 0.717) is 23.0 Å². The number of rotatable bonds is 4. The second kappa shape index (κ2) is 6.90. The summed E-state index contributed by atoms with van der Waals surface area (Å²) >= 11 is 5.78. The molecule has 6 nitrogen and oxygen atoms in total. The molecule has 3 rings (SSSR count). The standard InChI is InChI=1S/C17H15ClFN5O/c1-2-12-15(17(25)22-14-8-7-10(18)9-21-14)16(20)24(23-12)13-6-4-3-5-11(13)19/h3-9H,2,20H2,1H3,(H,21,22,25). The van der Waals surface area contributed by atoms with Crippen LogP contribution < -0.4 is 11.1 Å². The molecule has 1 aromatic carbocycles. The van der Waals surface area contributed by atoms with Crippen molar-refractivity contribution < 1.29 is 9.18 Å². The number of hydrogen-bond donors (Lipinski definition) is 2. The number of hydrogen-bond acceptors (Lipinski definition) is 4. The van der Waals surface area contributed by atoms with Crippen LogP contribution in [0.25, 0.3) is 5.69 Å². The van der Waals surface area contributed by atoms with Crippen LogP contribution in [0, 0.1) is 5.82 Å². The average molecular weight is 360 g/mol. The first-order valence-corrected chi connectivity index (χ1v) is 7.94. The van der Waals surface area contributed by atoms with Gasteiger partial charge in [-0.1, -0.05) is 30.7 Å². The Morgan fingerprint density at radius 1 is 1.32 bits per heavy atom. The van der Waals surface area contributed by atoms with Gasteiger partial charge < -0.3 is 11.1 Å². The minimum atomic E-state index is -0.481. The van der Waals surface area contributed by atoms with Crippen molar-refractivity contribution in [3.63, 3.8) is 0 Å². The van der Waals surface area contributed by atoms with Gasteiger partial charge in [0.05, 0.1) is 10.7 Å². The van der Waals surface area contributed by atoms with Crippen LogP contribution in [-0.2, 0) is 6.42 Å². The van der Waals surface area contributed by atoms with Gasteiger partial charge in [-0.3, -0.25) is 4.79 Å². The fourth-order valence-corrected chi connectivity index (χ4v) is 2.52. The highest BCUT2D eigenvalue weighted by Gasteiger charge is 2.23. The van der Waals surface area contributed by atoms with Gasteiger partial charge in [-0.25, -0.2) is 14.1 Å². The van der Waals surface area contributed by atoms with Crippen molar-refractivity contribution in [3.05, 3.63) is 64.7 Å². The van der Waals surface area contributed by atoms with E-state index in [1.165, 1.54) is 16.9 Å². The van der Waals surface area contributed by atoms with Gasteiger partial charge in [-0.15, -0.1) is 0 Å². The van der Waals surface area contributed by atoms with Crippen LogP contribution in [0.3, 0.4) is 0 Å². The molecule has 0 spiro atoms. The molecule has 3 aromatic rings. The second-order valence-electron chi connectivity index (χ2n) is 5.24. The lowest BCUT2D eigenvalue weighted by atomic mass is 10.2. The highest BCUT2D eigenvalue weighted by molar-refractivity contribution is 6.30. The van der Waals surface area contributed by atoms with Gasteiger partial charge in [-0.05, 0) is 30.7 Å². The summed E-state index contributed by atoms with van der Waals surface area (Å²) in [6.45, 7) is 1.84. The Labute approximate surface area is 148 Å². The quantitative estimate of drug-likeness (QED) is 0.747. The fraction of sp³-hybridized carbons (Fsp3) is 0.118. The molecule has 2 aromatic heterocycles. The molecule has 1 amide bonds. The molecule has 25 heavy (non-hydrogen) atoms. The minimum Gasteiger partial charge on any atom is -0.383 e. The van der Waals surface area contributed by atoms with Crippen LogP contribution in [-0.4, -0.2) is 20.7 Å². The Hall–Kier alpha value is -2.93. The number of halogens is 2. The number of aromatic nitrogens is 3. The number of nitrogens with two attached hydrogens (primary N) is 1. The third kappa shape index (κ3) is 3.32. The lowest BCUT2D eigenvalue weighted by Crippen LogP contribution is -2.16. The number of nitrogens with zero attached hydrogens (tertiary/aromatic N) is 3. The molecule has 8 heteroatoms. The van der Waals surface area contributed by atoms with E-state index in [4.69, 9.17) is 17.3 Å². The smallest absolute Gasteiger partial charge is 0.262 e. The molecule has 0 atom stereocenters. The zero-order chi connectivity index (χ0) is 18.0. The normalized spacial score (nSPS) is 10.7. The lowest BCUT2D eigenvalue weighted by molar-refractivity contribution is 0.102. The van der Waals surface area contributed by atoms with Crippen LogP contribution in [0.4, 0.5) is 16.0 Å². The summed E-state index contributed by atoms with van der Waals surface area (Å²) in [6, 6.07) is 9.27. The molecule has 0 aliphatic rings. The van der Waals surface area contributed by atoms with E-state index in [1.807, 2.05) is 6.92 Å². The van der Waals surface area contributed by atoms with Crippen LogP contribution in [0.1, 0.15) is 23.0 Å². The minimum absolute atomic E-state index is 0.0633. The van der Waals surface area contributed by atoms with Gasteiger partial charge in [0, 0.05) is 6.20 Å². The number of amides is 1. The Morgan fingerprint density at radius 2 is 2.08 bits per heavy atom. The van der Waals surface area contributed by atoms with Gasteiger partial charge >= 0.3 is 0 Å². The van der Waals surface area contributed by atoms with Gasteiger partial charge in [0.1, 0.15) is 28.7 Å². The maximum absolute atomic E-state index is 14.0. The molecule has 0 saturated carbocycles. The first-order valence-electron chi connectivity index (χ1n) is 7.56. The van der Waals surface area contributed by atoms with E-state index in [9.17, 15) is 9.18 Å². The van der Waals surface area contributed by atoms with E-state index in [2.05, 4.69) is 15.4 Å². The third-order valence-electron chi connectivity index (χ3n) is 3.61.